The number of rotatable bonds is 6. The van der Waals surface area contributed by atoms with Gasteiger partial charge in [0, 0.05) is 49.2 Å². The van der Waals surface area contributed by atoms with Gasteiger partial charge in [-0.15, -0.1) is 0 Å². The number of benzene rings is 1. The van der Waals surface area contributed by atoms with Crippen LogP contribution < -0.4 is 10.1 Å². The van der Waals surface area contributed by atoms with Crippen LogP contribution in [0.1, 0.15) is 50.8 Å². The number of hydrogen-bond acceptors (Lipinski definition) is 7. The molecule has 0 radical (unpaired) electrons. The maximum Gasteiger partial charge on any atom is 0.410 e. The van der Waals surface area contributed by atoms with E-state index >= 15 is 0 Å². The average molecular weight is 481 g/mol. The molecule has 1 fully saturated rings. The first-order valence-electron chi connectivity index (χ1n) is 11.8. The molecule has 9 heteroatoms. The van der Waals surface area contributed by atoms with Gasteiger partial charge in [0.15, 0.2) is 5.60 Å². The Morgan fingerprint density at radius 3 is 2.66 bits per heavy atom. The SMILES string of the molecule is CCOc1ccc(C2=NCc3ccc(NC(=O)[C@]4(OC)CCN(C(=O)OC(C)(C)C)C4)cc32)cn1. The molecule has 35 heavy (non-hydrogen) atoms. The average Bonchev–Trinajstić information content (AvgIpc) is 3.44. The molecule has 1 aromatic carbocycles. The second kappa shape index (κ2) is 9.65. The summed E-state index contributed by atoms with van der Waals surface area (Å²) in [5.74, 6) is 0.267. The number of amides is 2. The number of fused-ring (bicyclic) bond motifs is 1. The molecule has 3 heterocycles. The van der Waals surface area contributed by atoms with Gasteiger partial charge in [0.25, 0.3) is 5.91 Å². The quantitative estimate of drug-likeness (QED) is 0.675. The Hall–Kier alpha value is -3.46. The molecule has 186 valence electrons. The largest absolute Gasteiger partial charge is 0.478 e. The molecular formula is C26H32N4O5. The van der Waals surface area contributed by atoms with Crippen LogP contribution in [0.5, 0.6) is 5.88 Å². The number of likely N-dealkylation sites (tertiary alicyclic amines) is 1. The Morgan fingerprint density at radius 1 is 1.20 bits per heavy atom. The van der Waals surface area contributed by atoms with E-state index in [-0.39, 0.29) is 12.5 Å². The molecular weight excluding hydrogens is 448 g/mol. The Kier molecular flexibility index (Phi) is 6.80. The number of nitrogens with zero attached hydrogens (tertiary/aromatic N) is 3. The van der Waals surface area contributed by atoms with E-state index in [4.69, 9.17) is 14.2 Å². The van der Waals surface area contributed by atoms with Gasteiger partial charge >= 0.3 is 6.09 Å². The van der Waals surface area contributed by atoms with Crippen LogP contribution in [0.25, 0.3) is 0 Å². The van der Waals surface area contributed by atoms with Crippen LogP contribution in [-0.4, -0.2) is 65.6 Å². The minimum absolute atomic E-state index is 0.125. The normalized spacial score (nSPS) is 19.2. The Balaban J connectivity index is 1.48. The van der Waals surface area contributed by atoms with Crippen LogP contribution in [0.15, 0.2) is 41.5 Å². The molecule has 1 saturated heterocycles. The van der Waals surface area contributed by atoms with Crippen molar-refractivity contribution in [2.24, 2.45) is 4.99 Å². The molecule has 4 rings (SSSR count). The zero-order valence-corrected chi connectivity index (χ0v) is 20.9. The summed E-state index contributed by atoms with van der Waals surface area (Å²) < 4.78 is 16.5. The number of aromatic nitrogens is 1. The summed E-state index contributed by atoms with van der Waals surface area (Å²) in [4.78, 5) is 36.3. The van der Waals surface area contributed by atoms with Crippen molar-refractivity contribution in [2.75, 3.05) is 32.1 Å². The maximum atomic E-state index is 13.3. The summed E-state index contributed by atoms with van der Waals surface area (Å²) in [5, 5.41) is 2.98. The van der Waals surface area contributed by atoms with Gasteiger partial charge in [0.1, 0.15) is 5.60 Å². The molecule has 0 unspecified atom stereocenters. The number of anilines is 1. The molecule has 1 N–H and O–H groups in total. The van der Waals surface area contributed by atoms with Crippen molar-refractivity contribution in [1.82, 2.24) is 9.88 Å². The zero-order valence-electron chi connectivity index (χ0n) is 20.9. The van der Waals surface area contributed by atoms with Crippen molar-refractivity contribution in [3.63, 3.8) is 0 Å². The Bertz CT molecular complexity index is 1140. The second-order valence-electron chi connectivity index (χ2n) is 9.66. The van der Waals surface area contributed by atoms with Gasteiger partial charge in [-0.3, -0.25) is 9.79 Å². The monoisotopic (exact) mass is 480 g/mol. The van der Waals surface area contributed by atoms with Crippen molar-refractivity contribution in [1.29, 1.82) is 0 Å². The number of carbonyl (C=O) groups is 2. The maximum absolute atomic E-state index is 13.3. The number of aliphatic imine (C=N–C) groups is 1. The molecule has 0 aliphatic carbocycles. The highest BCUT2D eigenvalue weighted by molar-refractivity contribution is 6.15. The Morgan fingerprint density at radius 2 is 2.00 bits per heavy atom. The topological polar surface area (TPSA) is 102 Å². The van der Waals surface area contributed by atoms with Crippen molar-refractivity contribution in [3.05, 3.63) is 53.2 Å². The van der Waals surface area contributed by atoms with Crippen molar-refractivity contribution < 1.29 is 23.8 Å². The lowest BCUT2D eigenvalue weighted by Gasteiger charge is -2.28. The molecule has 0 saturated carbocycles. The fraction of sp³-hybridized carbons (Fsp3) is 0.462. The van der Waals surface area contributed by atoms with Crippen LogP contribution >= 0.6 is 0 Å². The summed E-state index contributed by atoms with van der Waals surface area (Å²) in [6, 6.07) is 9.49. The number of ether oxygens (including phenoxy) is 3. The molecule has 2 aliphatic rings. The summed E-state index contributed by atoms with van der Waals surface area (Å²) in [6.45, 7) is 8.97. The van der Waals surface area contributed by atoms with Crippen LogP contribution in [0.3, 0.4) is 0 Å². The predicted octanol–water partition coefficient (Wildman–Crippen LogP) is 3.80. The third-order valence-electron chi connectivity index (χ3n) is 6.02. The highest BCUT2D eigenvalue weighted by atomic mass is 16.6. The van der Waals surface area contributed by atoms with Crippen LogP contribution in [0, 0.1) is 0 Å². The molecule has 0 bridgehead atoms. The van der Waals surface area contributed by atoms with Crippen LogP contribution in [0.2, 0.25) is 0 Å². The number of hydrogen-bond donors (Lipinski definition) is 1. The Labute approximate surface area is 205 Å². The van der Waals surface area contributed by atoms with Crippen molar-refractivity contribution in [3.8, 4) is 5.88 Å². The van der Waals surface area contributed by atoms with Gasteiger partial charge in [-0.1, -0.05) is 6.07 Å². The van der Waals surface area contributed by atoms with Gasteiger partial charge in [0.05, 0.1) is 25.4 Å². The summed E-state index contributed by atoms with van der Waals surface area (Å²) in [6.07, 6.45) is 1.67. The first-order chi connectivity index (χ1) is 16.6. The number of methoxy groups -OCH3 is 1. The number of nitrogens with one attached hydrogen (secondary N) is 1. The molecule has 0 spiro atoms. The van der Waals surface area contributed by atoms with Crippen molar-refractivity contribution in [2.45, 2.75) is 51.9 Å². The van der Waals surface area contributed by atoms with Crippen molar-refractivity contribution >= 4 is 23.4 Å². The minimum Gasteiger partial charge on any atom is -0.478 e. The van der Waals surface area contributed by atoms with E-state index in [1.807, 2.05) is 58.0 Å². The smallest absolute Gasteiger partial charge is 0.410 e. The third-order valence-corrected chi connectivity index (χ3v) is 6.02. The molecule has 2 aromatic rings. The van der Waals surface area contributed by atoms with Crippen LogP contribution in [0.4, 0.5) is 10.5 Å². The first-order valence-corrected chi connectivity index (χ1v) is 11.8. The number of pyridine rings is 1. The predicted molar refractivity (Wildman–Crippen MR) is 132 cm³/mol. The highest BCUT2D eigenvalue weighted by Gasteiger charge is 2.47. The van der Waals surface area contributed by atoms with Gasteiger partial charge < -0.3 is 24.4 Å². The lowest BCUT2D eigenvalue weighted by Crippen LogP contribution is -2.48. The van der Waals surface area contributed by atoms with E-state index in [1.165, 1.54) is 12.0 Å². The van der Waals surface area contributed by atoms with Crippen LogP contribution in [-0.2, 0) is 20.8 Å². The molecule has 2 amide bonds. The lowest BCUT2D eigenvalue weighted by molar-refractivity contribution is -0.136. The molecule has 1 aromatic heterocycles. The molecule has 1 atom stereocenters. The fourth-order valence-electron chi connectivity index (χ4n) is 4.22. The minimum atomic E-state index is -1.15. The third kappa shape index (κ3) is 5.30. The summed E-state index contributed by atoms with van der Waals surface area (Å²) >= 11 is 0. The molecule has 9 nitrogen and oxygen atoms in total. The van der Waals surface area contributed by atoms with E-state index in [0.29, 0.717) is 37.7 Å². The van der Waals surface area contributed by atoms with Gasteiger partial charge in [-0.25, -0.2) is 9.78 Å². The number of carbonyl (C=O) groups excluding carboxylic acids is 2. The lowest BCUT2D eigenvalue weighted by atomic mass is 9.99. The van der Waals surface area contributed by atoms with E-state index < -0.39 is 17.3 Å². The van der Waals surface area contributed by atoms with Gasteiger partial charge in [0.2, 0.25) is 5.88 Å². The van der Waals surface area contributed by atoms with E-state index in [1.54, 1.807) is 6.20 Å². The molecule has 2 aliphatic heterocycles. The van der Waals surface area contributed by atoms with Gasteiger partial charge in [-0.2, -0.15) is 0 Å². The summed E-state index contributed by atoms with van der Waals surface area (Å²) in [5.41, 5.74) is 2.60. The standard InChI is InChI=1S/C26H32N4O5/c1-6-34-21-10-8-18(15-27-21)22-20-13-19(9-7-17(20)14-28-22)29-23(31)26(33-5)11-12-30(16-26)24(32)35-25(2,3)4/h7-10,13,15H,6,11-12,14,16H2,1-5H3,(H,29,31)/t26-/m0/s1. The highest BCUT2D eigenvalue weighted by Crippen LogP contribution is 2.30. The zero-order chi connectivity index (χ0) is 25.2. The fourth-order valence-corrected chi connectivity index (χ4v) is 4.22. The van der Waals surface area contributed by atoms with E-state index in [9.17, 15) is 9.59 Å². The first kappa shape index (κ1) is 24.7. The summed E-state index contributed by atoms with van der Waals surface area (Å²) in [7, 11) is 1.49. The van der Waals surface area contributed by atoms with E-state index in [0.717, 1.165) is 22.4 Å². The second-order valence-corrected chi connectivity index (χ2v) is 9.66. The van der Waals surface area contributed by atoms with E-state index in [2.05, 4.69) is 15.3 Å². The van der Waals surface area contributed by atoms with Gasteiger partial charge in [-0.05, 0) is 51.5 Å².